The van der Waals surface area contributed by atoms with Gasteiger partial charge in [0.25, 0.3) is 0 Å². The van der Waals surface area contributed by atoms with E-state index < -0.39 is 0 Å². The summed E-state index contributed by atoms with van der Waals surface area (Å²) in [6.45, 7) is 11.3. The second kappa shape index (κ2) is 5.70. The average molecular weight is 289 g/mol. The third-order valence-corrected chi connectivity index (χ3v) is 4.79. The van der Waals surface area contributed by atoms with Gasteiger partial charge in [-0.05, 0) is 51.2 Å². The van der Waals surface area contributed by atoms with Crippen molar-refractivity contribution in [3.05, 3.63) is 23.3 Å². The van der Waals surface area contributed by atoms with E-state index in [1.807, 2.05) is 12.1 Å². The molecule has 0 saturated heterocycles. The minimum absolute atomic E-state index is 0.107. The van der Waals surface area contributed by atoms with E-state index in [0.29, 0.717) is 23.3 Å². The van der Waals surface area contributed by atoms with Crippen LogP contribution in [0.25, 0.3) is 0 Å². The highest BCUT2D eigenvalue weighted by Gasteiger charge is 2.38. The van der Waals surface area contributed by atoms with Crippen LogP contribution >= 0.6 is 0 Å². The summed E-state index contributed by atoms with van der Waals surface area (Å²) in [4.78, 5) is 13.8. The van der Waals surface area contributed by atoms with Gasteiger partial charge in [-0.1, -0.05) is 13.8 Å². The van der Waals surface area contributed by atoms with Crippen LogP contribution in [0, 0.1) is 0 Å². The summed E-state index contributed by atoms with van der Waals surface area (Å²) in [5, 5.41) is 0. The number of anilines is 1. The molecule has 0 fully saturated rings. The molecule has 1 aromatic carbocycles. The van der Waals surface area contributed by atoms with Gasteiger partial charge in [-0.3, -0.25) is 4.79 Å². The topological polar surface area (TPSA) is 29.5 Å². The first kappa shape index (κ1) is 15.9. The molecule has 1 aliphatic rings. The third-order valence-electron chi connectivity index (χ3n) is 4.79. The Balaban J connectivity index is 2.66. The Morgan fingerprint density at radius 1 is 1.48 bits per heavy atom. The molecule has 21 heavy (non-hydrogen) atoms. The summed E-state index contributed by atoms with van der Waals surface area (Å²) in [6, 6.07) is 4.51. The van der Waals surface area contributed by atoms with E-state index in [-0.39, 0.29) is 5.54 Å². The molecule has 2 atom stereocenters. The van der Waals surface area contributed by atoms with Crippen molar-refractivity contribution in [1.82, 2.24) is 0 Å². The van der Waals surface area contributed by atoms with Crippen LogP contribution in [0.1, 0.15) is 69.3 Å². The van der Waals surface area contributed by atoms with Crippen molar-refractivity contribution in [3.63, 3.8) is 0 Å². The molecular formula is C18H27NO2. The summed E-state index contributed by atoms with van der Waals surface area (Å²) >= 11 is 0. The number of carbonyl (C=O) groups is 1. The van der Waals surface area contributed by atoms with Crippen molar-refractivity contribution < 1.29 is 9.53 Å². The fourth-order valence-corrected chi connectivity index (χ4v) is 3.78. The maximum Gasteiger partial charge on any atom is 0.153 e. The number of rotatable bonds is 4. The van der Waals surface area contributed by atoms with Crippen LogP contribution in [-0.2, 0) is 0 Å². The van der Waals surface area contributed by atoms with Crippen molar-refractivity contribution in [2.45, 2.75) is 65.0 Å². The Morgan fingerprint density at radius 3 is 2.67 bits per heavy atom. The van der Waals surface area contributed by atoms with Gasteiger partial charge in [0, 0.05) is 23.3 Å². The zero-order valence-electron chi connectivity index (χ0n) is 14.1. The number of carbonyl (C=O) groups excluding carboxylic acids is 1. The van der Waals surface area contributed by atoms with Crippen LogP contribution in [0.2, 0.25) is 0 Å². The number of aldehydes is 1. The summed E-state index contributed by atoms with van der Waals surface area (Å²) in [7, 11) is 1.62. The van der Waals surface area contributed by atoms with Gasteiger partial charge in [0.15, 0.2) is 6.29 Å². The molecule has 3 nitrogen and oxygen atoms in total. The number of nitrogens with zero attached hydrogens (tertiary/aromatic N) is 1. The van der Waals surface area contributed by atoms with Gasteiger partial charge in [-0.25, -0.2) is 0 Å². The lowest BCUT2D eigenvalue weighted by atomic mass is 9.78. The molecule has 3 heteroatoms. The number of ether oxygens (including phenoxy) is 1. The monoisotopic (exact) mass is 289 g/mol. The molecule has 0 N–H and O–H groups in total. The van der Waals surface area contributed by atoms with Gasteiger partial charge in [0.1, 0.15) is 5.75 Å². The maximum absolute atomic E-state index is 11.3. The number of methoxy groups -OCH3 is 1. The lowest BCUT2D eigenvalue weighted by Crippen LogP contribution is -2.52. The predicted molar refractivity (Wildman–Crippen MR) is 87.7 cm³/mol. The van der Waals surface area contributed by atoms with Crippen LogP contribution in [0.3, 0.4) is 0 Å². The standard InChI is InChI=1S/C18H27NO2/c1-7-13(3)19-16-9-17(21-6)14(11-20)8-15(16)12(2)10-18(19,4)5/h8-9,11-13H,7,10H2,1-6H3/t12-,13+/m0/s1. The third kappa shape index (κ3) is 2.66. The van der Waals surface area contributed by atoms with E-state index in [1.54, 1.807) is 7.11 Å². The van der Waals surface area contributed by atoms with Crippen LogP contribution in [-0.4, -0.2) is 25.0 Å². The summed E-state index contributed by atoms with van der Waals surface area (Å²) < 4.78 is 5.41. The Morgan fingerprint density at radius 2 is 2.14 bits per heavy atom. The molecule has 0 aliphatic carbocycles. The van der Waals surface area contributed by atoms with Crippen LogP contribution < -0.4 is 9.64 Å². The van der Waals surface area contributed by atoms with Crippen molar-refractivity contribution >= 4 is 12.0 Å². The minimum Gasteiger partial charge on any atom is -0.496 e. The van der Waals surface area contributed by atoms with Gasteiger partial charge >= 0.3 is 0 Å². The Bertz CT molecular complexity index is 536. The molecule has 2 rings (SSSR count). The number of benzene rings is 1. The lowest BCUT2D eigenvalue weighted by Gasteiger charge is -2.50. The molecule has 0 spiro atoms. The lowest BCUT2D eigenvalue weighted by molar-refractivity contribution is 0.112. The van der Waals surface area contributed by atoms with Crippen LogP contribution in [0.5, 0.6) is 5.75 Å². The van der Waals surface area contributed by atoms with E-state index in [2.05, 4.69) is 39.5 Å². The Hall–Kier alpha value is -1.51. The van der Waals surface area contributed by atoms with Crippen molar-refractivity contribution in [1.29, 1.82) is 0 Å². The maximum atomic E-state index is 11.3. The molecular weight excluding hydrogens is 262 g/mol. The van der Waals surface area contributed by atoms with Gasteiger partial charge in [0.05, 0.1) is 12.7 Å². The number of hydrogen-bond donors (Lipinski definition) is 0. The fraction of sp³-hybridized carbons (Fsp3) is 0.611. The van der Waals surface area contributed by atoms with Crippen molar-refractivity contribution in [2.24, 2.45) is 0 Å². The van der Waals surface area contributed by atoms with Gasteiger partial charge in [-0.15, -0.1) is 0 Å². The number of hydrogen-bond acceptors (Lipinski definition) is 3. The largest absolute Gasteiger partial charge is 0.496 e. The van der Waals surface area contributed by atoms with Crippen LogP contribution in [0.15, 0.2) is 12.1 Å². The zero-order chi connectivity index (χ0) is 15.8. The summed E-state index contributed by atoms with van der Waals surface area (Å²) in [5.41, 5.74) is 3.23. The average Bonchev–Trinajstić information content (AvgIpc) is 2.44. The quantitative estimate of drug-likeness (QED) is 0.769. The van der Waals surface area contributed by atoms with E-state index in [4.69, 9.17) is 4.74 Å². The summed E-state index contributed by atoms with van der Waals surface area (Å²) in [6.07, 6.45) is 3.07. The molecule has 0 bridgehead atoms. The molecule has 0 radical (unpaired) electrons. The number of fused-ring (bicyclic) bond motifs is 1. The highest BCUT2D eigenvalue weighted by atomic mass is 16.5. The summed E-state index contributed by atoms with van der Waals surface area (Å²) in [5.74, 6) is 1.11. The smallest absolute Gasteiger partial charge is 0.153 e. The Kier molecular flexibility index (Phi) is 4.31. The SMILES string of the molecule is CC[C@@H](C)N1c2cc(OC)c(C=O)cc2[C@@H](C)CC1(C)C. The second-order valence-corrected chi connectivity index (χ2v) is 6.82. The predicted octanol–water partition coefficient (Wildman–Crippen LogP) is 4.40. The van der Waals surface area contributed by atoms with E-state index in [9.17, 15) is 4.79 Å². The second-order valence-electron chi connectivity index (χ2n) is 6.82. The first-order valence-corrected chi connectivity index (χ1v) is 7.82. The normalized spacial score (nSPS) is 21.6. The van der Waals surface area contributed by atoms with E-state index >= 15 is 0 Å². The molecule has 1 heterocycles. The minimum atomic E-state index is 0.107. The van der Waals surface area contributed by atoms with Gasteiger partial charge in [-0.2, -0.15) is 0 Å². The van der Waals surface area contributed by atoms with E-state index in [0.717, 1.165) is 19.1 Å². The molecule has 116 valence electrons. The van der Waals surface area contributed by atoms with Crippen molar-refractivity contribution in [2.75, 3.05) is 12.0 Å². The fourth-order valence-electron chi connectivity index (χ4n) is 3.78. The van der Waals surface area contributed by atoms with Gasteiger partial charge < -0.3 is 9.64 Å². The molecule has 0 saturated carbocycles. The zero-order valence-corrected chi connectivity index (χ0v) is 14.1. The molecule has 1 aromatic rings. The molecule has 0 unspecified atom stereocenters. The molecule has 0 amide bonds. The first-order chi connectivity index (χ1) is 9.85. The molecule has 0 aromatic heterocycles. The highest BCUT2D eigenvalue weighted by molar-refractivity contribution is 5.82. The van der Waals surface area contributed by atoms with Crippen molar-refractivity contribution in [3.8, 4) is 5.75 Å². The molecule has 1 aliphatic heterocycles. The van der Waals surface area contributed by atoms with Crippen LogP contribution in [0.4, 0.5) is 5.69 Å². The first-order valence-electron chi connectivity index (χ1n) is 7.82. The highest BCUT2D eigenvalue weighted by Crippen LogP contribution is 2.46. The Labute approximate surface area is 128 Å². The van der Waals surface area contributed by atoms with E-state index in [1.165, 1.54) is 11.3 Å². The van der Waals surface area contributed by atoms with Gasteiger partial charge in [0.2, 0.25) is 0 Å².